The van der Waals surface area contributed by atoms with E-state index in [1.54, 1.807) is 35.2 Å². The molecule has 0 radical (unpaired) electrons. The number of carbonyl (C=O) groups excluding carboxylic acids is 1. The zero-order valence-electron chi connectivity index (χ0n) is 11.3. The molecule has 3 rings (SSSR count). The van der Waals surface area contributed by atoms with Crippen LogP contribution in [0.2, 0.25) is 5.15 Å². The van der Waals surface area contributed by atoms with Gasteiger partial charge in [-0.25, -0.2) is 9.37 Å². The Morgan fingerprint density at radius 3 is 2.71 bits per heavy atom. The molecule has 2 aromatic rings. The van der Waals surface area contributed by atoms with E-state index in [-0.39, 0.29) is 29.5 Å². The van der Waals surface area contributed by atoms with Gasteiger partial charge in [0.05, 0.1) is 5.56 Å². The lowest BCUT2D eigenvalue weighted by Gasteiger charge is -2.23. The molecular formula is C16H14ClFN2O. The molecule has 5 heteroatoms. The summed E-state index contributed by atoms with van der Waals surface area (Å²) in [5, 5.41) is 0.182. The number of amides is 1. The molecule has 1 aromatic heterocycles. The highest BCUT2D eigenvalue weighted by Gasteiger charge is 2.34. The van der Waals surface area contributed by atoms with Crippen LogP contribution in [0.4, 0.5) is 4.39 Å². The Bertz CT molecular complexity index is 673. The first-order valence-electron chi connectivity index (χ1n) is 6.81. The van der Waals surface area contributed by atoms with Gasteiger partial charge < -0.3 is 4.90 Å². The summed E-state index contributed by atoms with van der Waals surface area (Å²) >= 11 is 5.99. The van der Waals surface area contributed by atoms with Crippen molar-refractivity contribution in [1.82, 2.24) is 9.88 Å². The van der Waals surface area contributed by atoms with Crippen LogP contribution >= 0.6 is 11.6 Å². The van der Waals surface area contributed by atoms with Crippen LogP contribution in [0.15, 0.2) is 42.6 Å². The second-order valence-corrected chi connectivity index (χ2v) is 5.46. The van der Waals surface area contributed by atoms with E-state index in [9.17, 15) is 9.18 Å². The molecule has 0 atom stereocenters. The highest BCUT2D eigenvalue weighted by atomic mass is 35.5. The molecule has 108 valence electrons. The van der Waals surface area contributed by atoms with Crippen LogP contribution in [0, 0.1) is 5.82 Å². The van der Waals surface area contributed by atoms with Gasteiger partial charge in [0, 0.05) is 24.3 Å². The molecule has 1 heterocycles. The first-order chi connectivity index (χ1) is 10.2. The van der Waals surface area contributed by atoms with Crippen LogP contribution in [0.3, 0.4) is 0 Å². The summed E-state index contributed by atoms with van der Waals surface area (Å²) < 4.78 is 13.8. The van der Waals surface area contributed by atoms with Gasteiger partial charge in [0.1, 0.15) is 11.0 Å². The quantitative estimate of drug-likeness (QED) is 0.807. The molecule has 1 amide bonds. The Kier molecular flexibility index (Phi) is 3.88. The number of pyridine rings is 1. The largest absolute Gasteiger partial charge is 0.331 e. The second-order valence-electron chi connectivity index (χ2n) is 5.10. The summed E-state index contributed by atoms with van der Waals surface area (Å²) in [7, 11) is 0. The molecule has 0 saturated heterocycles. The minimum atomic E-state index is -0.298. The number of hydrogen-bond donors (Lipinski definition) is 0. The van der Waals surface area contributed by atoms with E-state index >= 15 is 0 Å². The molecule has 1 aromatic carbocycles. The number of aromatic nitrogens is 1. The fourth-order valence-corrected chi connectivity index (χ4v) is 2.46. The van der Waals surface area contributed by atoms with Crippen molar-refractivity contribution in [3.63, 3.8) is 0 Å². The molecule has 0 spiro atoms. The summed E-state index contributed by atoms with van der Waals surface area (Å²) in [5.74, 6) is -0.493. The Balaban J connectivity index is 1.87. The van der Waals surface area contributed by atoms with E-state index in [2.05, 4.69) is 4.98 Å². The molecule has 0 aliphatic heterocycles. The van der Waals surface area contributed by atoms with Crippen molar-refractivity contribution >= 4 is 17.5 Å². The molecule has 0 unspecified atom stereocenters. The average Bonchev–Trinajstić information content (AvgIpc) is 3.31. The topological polar surface area (TPSA) is 33.2 Å². The second kappa shape index (κ2) is 5.82. The van der Waals surface area contributed by atoms with Crippen molar-refractivity contribution in [2.24, 2.45) is 0 Å². The third kappa shape index (κ3) is 3.05. The van der Waals surface area contributed by atoms with Crippen LogP contribution < -0.4 is 0 Å². The van der Waals surface area contributed by atoms with E-state index in [0.29, 0.717) is 11.1 Å². The van der Waals surface area contributed by atoms with Crippen molar-refractivity contribution in [2.45, 2.75) is 25.4 Å². The smallest absolute Gasteiger partial charge is 0.257 e. The highest BCUT2D eigenvalue weighted by Crippen LogP contribution is 2.31. The Labute approximate surface area is 127 Å². The minimum absolute atomic E-state index is 0.161. The van der Waals surface area contributed by atoms with Crippen LogP contribution in [-0.2, 0) is 6.54 Å². The maximum atomic E-state index is 13.8. The van der Waals surface area contributed by atoms with Crippen LogP contribution in [-0.4, -0.2) is 21.8 Å². The summed E-state index contributed by atoms with van der Waals surface area (Å²) in [6.45, 7) is 0.251. The number of rotatable bonds is 4. The van der Waals surface area contributed by atoms with Crippen LogP contribution in [0.25, 0.3) is 0 Å². The van der Waals surface area contributed by atoms with E-state index in [1.807, 2.05) is 0 Å². The van der Waals surface area contributed by atoms with Gasteiger partial charge in [-0.1, -0.05) is 29.8 Å². The predicted octanol–water partition coefficient (Wildman–Crippen LogP) is 3.68. The Hall–Kier alpha value is -1.94. The van der Waals surface area contributed by atoms with Crippen molar-refractivity contribution in [2.75, 3.05) is 0 Å². The third-order valence-electron chi connectivity index (χ3n) is 3.54. The molecule has 1 fully saturated rings. The summed E-state index contributed by atoms with van der Waals surface area (Å²) in [4.78, 5) is 18.3. The van der Waals surface area contributed by atoms with Crippen molar-refractivity contribution in [1.29, 1.82) is 0 Å². The van der Waals surface area contributed by atoms with Gasteiger partial charge in [0.15, 0.2) is 0 Å². The molecule has 1 aliphatic rings. The molecule has 21 heavy (non-hydrogen) atoms. The van der Waals surface area contributed by atoms with Crippen molar-refractivity contribution in [3.05, 3.63) is 64.7 Å². The normalized spacial score (nSPS) is 14.0. The van der Waals surface area contributed by atoms with Crippen molar-refractivity contribution in [3.8, 4) is 0 Å². The van der Waals surface area contributed by atoms with E-state index in [0.717, 1.165) is 12.8 Å². The number of benzene rings is 1. The Morgan fingerprint density at radius 2 is 2.05 bits per heavy atom. The SMILES string of the molecule is O=C(c1cccnc1Cl)N(Cc1ccccc1F)C1CC1. The lowest BCUT2D eigenvalue weighted by molar-refractivity contribution is 0.0728. The monoisotopic (exact) mass is 304 g/mol. The first-order valence-corrected chi connectivity index (χ1v) is 7.19. The highest BCUT2D eigenvalue weighted by molar-refractivity contribution is 6.32. The lowest BCUT2D eigenvalue weighted by Crippen LogP contribution is -2.33. The molecule has 0 N–H and O–H groups in total. The van der Waals surface area contributed by atoms with Crippen molar-refractivity contribution < 1.29 is 9.18 Å². The summed E-state index contributed by atoms with van der Waals surface area (Å²) in [6.07, 6.45) is 3.42. The van der Waals surface area contributed by atoms with Gasteiger partial charge in [-0.15, -0.1) is 0 Å². The standard InChI is InChI=1S/C16H14ClFN2O/c17-15-13(5-3-9-19-15)16(21)20(12-7-8-12)10-11-4-1-2-6-14(11)18/h1-6,9,12H,7-8,10H2. The fraction of sp³-hybridized carbons (Fsp3) is 0.250. The zero-order valence-corrected chi connectivity index (χ0v) is 12.1. The van der Waals surface area contributed by atoms with Crippen LogP contribution in [0.5, 0.6) is 0 Å². The maximum absolute atomic E-state index is 13.8. The maximum Gasteiger partial charge on any atom is 0.257 e. The zero-order chi connectivity index (χ0) is 14.8. The first kappa shape index (κ1) is 14.0. The van der Waals surface area contributed by atoms with Gasteiger partial charge >= 0.3 is 0 Å². The number of hydrogen-bond acceptors (Lipinski definition) is 2. The number of nitrogens with zero attached hydrogens (tertiary/aromatic N) is 2. The minimum Gasteiger partial charge on any atom is -0.331 e. The molecule has 3 nitrogen and oxygen atoms in total. The van der Waals surface area contributed by atoms with E-state index < -0.39 is 0 Å². The predicted molar refractivity (Wildman–Crippen MR) is 78.5 cm³/mol. The summed E-state index contributed by atoms with van der Waals surface area (Å²) in [5.41, 5.74) is 0.875. The number of carbonyl (C=O) groups is 1. The molecular weight excluding hydrogens is 291 g/mol. The molecule has 1 saturated carbocycles. The molecule has 0 bridgehead atoms. The van der Waals surface area contributed by atoms with Crippen LogP contribution in [0.1, 0.15) is 28.8 Å². The average molecular weight is 305 g/mol. The fourth-order valence-electron chi connectivity index (χ4n) is 2.26. The van der Waals surface area contributed by atoms with E-state index in [4.69, 9.17) is 11.6 Å². The van der Waals surface area contributed by atoms with Gasteiger partial charge in [-0.3, -0.25) is 4.79 Å². The Morgan fingerprint density at radius 1 is 1.29 bits per heavy atom. The summed E-state index contributed by atoms with van der Waals surface area (Å²) in [6, 6.07) is 9.99. The van der Waals surface area contributed by atoms with Gasteiger partial charge in [0.2, 0.25) is 0 Å². The number of halogens is 2. The van der Waals surface area contributed by atoms with Gasteiger partial charge in [-0.05, 0) is 31.0 Å². The third-order valence-corrected chi connectivity index (χ3v) is 3.84. The lowest BCUT2D eigenvalue weighted by atomic mass is 10.1. The van der Waals surface area contributed by atoms with Gasteiger partial charge in [0.25, 0.3) is 5.91 Å². The molecule has 1 aliphatic carbocycles. The van der Waals surface area contributed by atoms with E-state index in [1.165, 1.54) is 12.3 Å². The van der Waals surface area contributed by atoms with Gasteiger partial charge in [-0.2, -0.15) is 0 Å².